The lowest BCUT2D eigenvalue weighted by molar-refractivity contribution is -0.134. The van der Waals surface area contributed by atoms with Gasteiger partial charge in [-0.15, -0.1) is 10.2 Å². The molecule has 278 valence electrons. The molecule has 4 fully saturated rings. The maximum atomic E-state index is 13.2. The summed E-state index contributed by atoms with van der Waals surface area (Å²) in [5, 5.41) is 20.3. The van der Waals surface area contributed by atoms with Gasteiger partial charge in [0.05, 0.1) is 16.7 Å². The Bertz CT molecular complexity index is 1810. The quantitative estimate of drug-likeness (QED) is 0.291. The molecule has 0 spiro atoms. The number of halogens is 1. The number of rotatable bonds is 10. The molecule has 0 bridgehead atoms. The topological polar surface area (TPSA) is 161 Å². The van der Waals surface area contributed by atoms with E-state index >= 15 is 0 Å². The molecule has 1 saturated carbocycles. The minimum absolute atomic E-state index is 0.0121. The molecule has 7 rings (SSSR count). The highest BCUT2D eigenvalue weighted by atomic mass is 35.5. The van der Waals surface area contributed by atoms with Crippen LogP contribution in [0.3, 0.4) is 0 Å². The maximum Gasteiger partial charge on any atom is 0.269 e. The molecular formula is C39H46ClN9O4. The third kappa shape index (κ3) is 8.73. The highest BCUT2D eigenvalue weighted by Gasteiger charge is 2.38. The van der Waals surface area contributed by atoms with Crippen molar-refractivity contribution in [3.63, 3.8) is 0 Å². The molecule has 1 aliphatic carbocycles. The Hall–Kier alpha value is -4.77. The number of nitrogens with zero attached hydrogens (tertiary/aromatic N) is 7. The van der Waals surface area contributed by atoms with Crippen LogP contribution in [0.4, 0.5) is 11.5 Å². The molecule has 3 aliphatic heterocycles. The van der Waals surface area contributed by atoms with Gasteiger partial charge in [-0.25, -0.2) is 0 Å². The summed E-state index contributed by atoms with van der Waals surface area (Å²) in [7, 11) is 0. The number of anilines is 2. The number of piperidine rings is 2. The molecular weight excluding hydrogens is 694 g/mol. The number of benzene rings is 2. The second-order valence-corrected chi connectivity index (χ2v) is 14.9. The minimum Gasteiger partial charge on any atom is -0.490 e. The van der Waals surface area contributed by atoms with Crippen LogP contribution in [0.1, 0.15) is 73.0 Å². The van der Waals surface area contributed by atoms with Crippen molar-refractivity contribution < 1.29 is 19.1 Å². The highest BCUT2D eigenvalue weighted by molar-refractivity contribution is 6.31. The smallest absolute Gasteiger partial charge is 0.269 e. The summed E-state index contributed by atoms with van der Waals surface area (Å²) in [6, 6.07) is 19.6. The van der Waals surface area contributed by atoms with Crippen LogP contribution in [-0.2, 0) is 16.1 Å². The van der Waals surface area contributed by atoms with Crippen LogP contribution in [0.25, 0.3) is 0 Å². The van der Waals surface area contributed by atoms with Crippen LogP contribution < -0.4 is 25.6 Å². The first kappa shape index (κ1) is 36.6. The Balaban J connectivity index is 0.921. The van der Waals surface area contributed by atoms with Crippen LogP contribution in [0.2, 0.25) is 5.02 Å². The molecule has 4 heterocycles. The van der Waals surface area contributed by atoms with E-state index in [9.17, 15) is 19.6 Å². The molecule has 2 aromatic carbocycles. The molecule has 3 N–H and O–H groups in total. The van der Waals surface area contributed by atoms with Crippen molar-refractivity contribution in [3.05, 3.63) is 76.4 Å². The van der Waals surface area contributed by atoms with Gasteiger partial charge in [0.25, 0.3) is 5.91 Å². The standard InChI is InChI=1S/C39H46ClN9O4/c40-33-23-32(8-3-27(33)24-41)53-31-9-6-30(7-10-31)49(35-12-14-37(50)43-39(35)52)29-4-1-26(2-5-29)25-46-19-21-47(22-20-46)28-15-17-48(18-16-28)36-13-11-34(38(42)51)44-45-36/h1-5,8,11,13,23,28,30-31,35H,6-7,9-10,12,14-22,25H2,(H2,42,51)(H,43,50,52). The Morgan fingerprint density at radius 3 is 2.28 bits per heavy atom. The molecule has 4 aliphatic rings. The van der Waals surface area contributed by atoms with Crippen molar-refractivity contribution in [3.8, 4) is 11.8 Å². The number of hydrogen-bond acceptors (Lipinski definition) is 11. The first-order valence-electron chi connectivity index (χ1n) is 18.7. The summed E-state index contributed by atoms with van der Waals surface area (Å²) in [6.45, 7) is 6.75. The maximum absolute atomic E-state index is 13.2. The summed E-state index contributed by atoms with van der Waals surface area (Å²) in [5.74, 6) is 0.426. The van der Waals surface area contributed by atoms with Crippen LogP contribution in [0.15, 0.2) is 54.6 Å². The van der Waals surface area contributed by atoms with Gasteiger partial charge < -0.3 is 20.3 Å². The summed E-state index contributed by atoms with van der Waals surface area (Å²) < 4.78 is 6.25. The molecule has 14 heteroatoms. The van der Waals surface area contributed by atoms with E-state index in [0.29, 0.717) is 35.2 Å². The first-order chi connectivity index (χ1) is 25.7. The van der Waals surface area contributed by atoms with E-state index in [1.807, 2.05) is 6.07 Å². The van der Waals surface area contributed by atoms with Crippen molar-refractivity contribution in [2.45, 2.75) is 82.1 Å². The van der Waals surface area contributed by atoms with Crippen LogP contribution in [0, 0.1) is 11.3 Å². The van der Waals surface area contributed by atoms with E-state index in [1.165, 1.54) is 5.56 Å². The fourth-order valence-corrected chi connectivity index (χ4v) is 8.50. The second kappa shape index (κ2) is 16.5. The average molecular weight is 740 g/mol. The normalized spacial score (nSPS) is 23.2. The van der Waals surface area contributed by atoms with Gasteiger partial charge in [-0.1, -0.05) is 23.7 Å². The lowest BCUT2D eigenvalue weighted by Crippen LogP contribution is -2.56. The second-order valence-electron chi connectivity index (χ2n) is 14.5. The number of nitrogens with one attached hydrogen (secondary N) is 1. The lowest BCUT2D eigenvalue weighted by atomic mass is 9.89. The summed E-state index contributed by atoms with van der Waals surface area (Å²) in [6.07, 6.45) is 6.27. The van der Waals surface area contributed by atoms with Gasteiger partial charge in [0.1, 0.15) is 17.9 Å². The molecule has 3 amide bonds. The number of nitrogens with two attached hydrogens (primary N) is 1. The highest BCUT2D eigenvalue weighted by Crippen LogP contribution is 2.34. The monoisotopic (exact) mass is 739 g/mol. The molecule has 3 aromatic rings. The third-order valence-electron chi connectivity index (χ3n) is 11.2. The van der Waals surface area contributed by atoms with Crippen LogP contribution >= 0.6 is 11.6 Å². The molecule has 3 saturated heterocycles. The Morgan fingerprint density at radius 1 is 0.925 bits per heavy atom. The Kier molecular flexibility index (Phi) is 11.4. The number of hydrogen-bond donors (Lipinski definition) is 2. The van der Waals surface area contributed by atoms with Crippen LogP contribution in [-0.4, -0.2) is 101 Å². The largest absolute Gasteiger partial charge is 0.490 e. The number of amides is 3. The van der Waals surface area contributed by atoms with Crippen molar-refractivity contribution in [1.29, 1.82) is 5.26 Å². The zero-order valence-corrected chi connectivity index (χ0v) is 30.6. The number of nitriles is 1. The zero-order chi connectivity index (χ0) is 36.9. The van der Waals surface area contributed by atoms with Gasteiger partial charge in [0, 0.05) is 76.1 Å². The minimum atomic E-state index is -0.569. The molecule has 53 heavy (non-hydrogen) atoms. The predicted molar refractivity (Wildman–Crippen MR) is 201 cm³/mol. The number of imide groups is 1. The molecule has 1 aromatic heterocycles. The number of aromatic nitrogens is 2. The Labute approximate surface area is 315 Å². The van der Waals surface area contributed by atoms with E-state index in [4.69, 9.17) is 22.1 Å². The van der Waals surface area contributed by atoms with Gasteiger partial charge in [-0.3, -0.25) is 29.5 Å². The van der Waals surface area contributed by atoms with Crippen molar-refractivity contribution >= 4 is 40.8 Å². The first-order valence-corrected chi connectivity index (χ1v) is 19.0. The third-order valence-corrected chi connectivity index (χ3v) is 11.5. The van der Waals surface area contributed by atoms with E-state index in [0.717, 1.165) is 95.8 Å². The summed E-state index contributed by atoms with van der Waals surface area (Å²) in [4.78, 5) is 46.2. The van der Waals surface area contributed by atoms with Gasteiger partial charge in [-0.05, 0) is 86.9 Å². The molecule has 1 unspecified atom stereocenters. The number of ether oxygens (including phenoxy) is 1. The zero-order valence-electron chi connectivity index (χ0n) is 29.8. The number of carbonyl (C=O) groups is 3. The summed E-state index contributed by atoms with van der Waals surface area (Å²) in [5.41, 5.74) is 8.14. The van der Waals surface area contributed by atoms with E-state index in [2.05, 4.69) is 65.4 Å². The molecule has 1 atom stereocenters. The average Bonchev–Trinajstić information content (AvgIpc) is 3.17. The Morgan fingerprint density at radius 2 is 1.66 bits per heavy atom. The van der Waals surface area contributed by atoms with Gasteiger partial charge in [0.2, 0.25) is 11.8 Å². The van der Waals surface area contributed by atoms with Crippen LogP contribution in [0.5, 0.6) is 5.75 Å². The SMILES string of the molecule is N#Cc1ccc(OC2CCC(N(c3ccc(CN4CCN(C5CCN(c6ccc(C(N)=O)nn6)CC5)CC4)cc3)C3CCC(=O)NC3=O)CC2)cc1Cl. The number of piperazine rings is 1. The van der Waals surface area contributed by atoms with E-state index < -0.39 is 11.9 Å². The molecule has 13 nitrogen and oxygen atoms in total. The number of primary amides is 1. The van der Waals surface area contributed by atoms with Gasteiger partial charge in [0.15, 0.2) is 11.5 Å². The van der Waals surface area contributed by atoms with Crippen molar-refractivity contribution in [1.82, 2.24) is 25.3 Å². The lowest BCUT2D eigenvalue weighted by Gasteiger charge is -2.43. The predicted octanol–water partition coefficient (Wildman–Crippen LogP) is 3.89. The van der Waals surface area contributed by atoms with E-state index in [1.54, 1.807) is 24.3 Å². The van der Waals surface area contributed by atoms with Crippen molar-refractivity contribution in [2.75, 3.05) is 49.1 Å². The van der Waals surface area contributed by atoms with E-state index in [-0.39, 0.29) is 29.7 Å². The molecule has 0 radical (unpaired) electrons. The van der Waals surface area contributed by atoms with Crippen molar-refractivity contribution in [2.24, 2.45) is 5.73 Å². The fraction of sp³-hybridized carbons (Fsp3) is 0.487. The van der Waals surface area contributed by atoms with Gasteiger partial charge >= 0.3 is 0 Å². The summed E-state index contributed by atoms with van der Waals surface area (Å²) >= 11 is 6.23. The fourth-order valence-electron chi connectivity index (χ4n) is 8.29. The number of carbonyl (C=O) groups excluding carboxylic acids is 3. The van der Waals surface area contributed by atoms with Gasteiger partial charge in [-0.2, -0.15) is 5.26 Å².